The number of aryl methyl sites for hydroxylation is 1. The topological polar surface area (TPSA) is 164 Å². The summed E-state index contributed by atoms with van der Waals surface area (Å²) in [4.78, 5) is 56.9. The molecular formula is C35H35F2N7O6. The Morgan fingerprint density at radius 1 is 1.04 bits per heavy atom. The molecule has 0 radical (unpaired) electrons. The van der Waals surface area contributed by atoms with Crippen LogP contribution in [0.25, 0.3) is 5.69 Å². The van der Waals surface area contributed by atoms with Crippen molar-refractivity contribution in [2.45, 2.75) is 45.6 Å². The Kier molecular flexibility index (Phi) is 10.3. The number of carbonyl (C=O) groups excluding carboxylic acids is 2. The molecule has 0 bridgehead atoms. The standard InChI is InChI=1S/C35H35F2N7O6/c1-35(2,3)50-34(48)43-18-15-21(16-19-43)6-5-7-25-27(14-17-39-30(25)38)49-28-13-10-23(20-26(28)37)40-31(45)29-32(46)44(33(47)42(4)41-29)24-11-8-22(36)9-12-24/h8-14,17,20-21H,6,15-16,18-19H2,1-4H3,(H2,38,39)(H,40,45). The number of halogens is 2. The number of piperidine rings is 1. The Labute approximate surface area is 285 Å². The molecule has 0 atom stereocenters. The summed E-state index contributed by atoms with van der Waals surface area (Å²) in [7, 11) is 1.24. The maximum Gasteiger partial charge on any atom is 0.410 e. The molecule has 3 N–H and O–H groups in total. The first-order valence-corrected chi connectivity index (χ1v) is 15.7. The number of nitrogens with two attached hydrogens (primary N) is 1. The maximum absolute atomic E-state index is 15.3. The van der Waals surface area contributed by atoms with Gasteiger partial charge in [-0.3, -0.25) is 9.59 Å². The van der Waals surface area contributed by atoms with Gasteiger partial charge in [0, 0.05) is 50.6 Å². The van der Waals surface area contributed by atoms with Crippen molar-refractivity contribution in [2.24, 2.45) is 13.0 Å². The average Bonchev–Trinajstić information content (AvgIpc) is 3.05. The first kappa shape index (κ1) is 35.3. The molecule has 1 aliphatic rings. The fourth-order valence-corrected chi connectivity index (χ4v) is 5.10. The molecule has 2 amide bonds. The van der Waals surface area contributed by atoms with Crippen molar-refractivity contribution >= 4 is 23.5 Å². The molecular weight excluding hydrogens is 652 g/mol. The van der Waals surface area contributed by atoms with Gasteiger partial charge in [0.2, 0.25) is 5.69 Å². The molecule has 1 aliphatic heterocycles. The molecule has 50 heavy (non-hydrogen) atoms. The molecule has 5 rings (SSSR count). The minimum absolute atomic E-state index is 0.0300. The van der Waals surface area contributed by atoms with Crippen molar-refractivity contribution in [3.05, 3.63) is 98.5 Å². The molecule has 15 heteroatoms. The third-order valence-electron chi connectivity index (χ3n) is 7.65. The average molecular weight is 688 g/mol. The molecule has 0 aliphatic carbocycles. The molecule has 4 aromatic rings. The lowest BCUT2D eigenvalue weighted by Crippen LogP contribution is -2.43. The van der Waals surface area contributed by atoms with E-state index in [2.05, 4.69) is 27.2 Å². The van der Waals surface area contributed by atoms with E-state index in [1.165, 1.54) is 43.6 Å². The van der Waals surface area contributed by atoms with E-state index in [1.54, 1.807) is 4.90 Å². The first-order valence-electron chi connectivity index (χ1n) is 15.7. The highest BCUT2D eigenvalue weighted by Gasteiger charge is 2.26. The van der Waals surface area contributed by atoms with E-state index in [4.69, 9.17) is 15.2 Å². The second kappa shape index (κ2) is 14.6. The van der Waals surface area contributed by atoms with Crippen LogP contribution in [0, 0.1) is 29.4 Å². The number of likely N-dealkylation sites (tertiary alicyclic amines) is 1. The van der Waals surface area contributed by atoms with Gasteiger partial charge in [0.05, 0.1) is 5.69 Å². The number of ether oxygens (including phenoxy) is 2. The Morgan fingerprint density at radius 3 is 2.40 bits per heavy atom. The van der Waals surface area contributed by atoms with Crippen LogP contribution in [-0.4, -0.2) is 54.9 Å². The van der Waals surface area contributed by atoms with Gasteiger partial charge in [-0.25, -0.2) is 32.6 Å². The molecule has 2 aromatic carbocycles. The van der Waals surface area contributed by atoms with Gasteiger partial charge in [-0.15, -0.1) is 0 Å². The number of nitrogens with one attached hydrogen (secondary N) is 1. The summed E-state index contributed by atoms with van der Waals surface area (Å²) in [5.41, 5.74) is 3.24. The number of nitrogens with zero attached hydrogens (tertiary/aromatic N) is 5. The highest BCUT2D eigenvalue weighted by Crippen LogP contribution is 2.31. The van der Waals surface area contributed by atoms with Crippen LogP contribution in [0.5, 0.6) is 11.5 Å². The van der Waals surface area contributed by atoms with Crippen LogP contribution < -0.4 is 27.0 Å². The smallest absolute Gasteiger partial charge is 0.410 e. The molecule has 260 valence electrons. The van der Waals surface area contributed by atoms with E-state index in [0.29, 0.717) is 24.1 Å². The Morgan fingerprint density at radius 2 is 1.74 bits per heavy atom. The van der Waals surface area contributed by atoms with Crippen LogP contribution in [0.15, 0.2) is 64.3 Å². The van der Waals surface area contributed by atoms with Gasteiger partial charge >= 0.3 is 11.8 Å². The second-order valence-corrected chi connectivity index (χ2v) is 12.6. The van der Waals surface area contributed by atoms with E-state index >= 15 is 4.39 Å². The highest BCUT2D eigenvalue weighted by atomic mass is 19.1. The molecule has 1 saturated heterocycles. The van der Waals surface area contributed by atoms with Crippen LogP contribution in [0.4, 0.5) is 25.1 Å². The summed E-state index contributed by atoms with van der Waals surface area (Å²) in [6, 6.07) is 9.62. The summed E-state index contributed by atoms with van der Waals surface area (Å²) in [6.07, 6.45) is 3.13. The molecule has 3 heterocycles. The van der Waals surface area contributed by atoms with Gasteiger partial charge < -0.3 is 25.4 Å². The largest absolute Gasteiger partial charge is 0.453 e. The zero-order valence-electron chi connectivity index (χ0n) is 27.8. The number of nitrogen functional groups attached to an aromatic ring is 1. The van der Waals surface area contributed by atoms with Crippen molar-refractivity contribution in [2.75, 3.05) is 24.1 Å². The minimum atomic E-state index is -1.05. The summed E-state index contributed by atoms with van der Waals surface area (Å²) < 4.78 is 41.4. The van der Waals surface area contributed by atoms with Crippen molar-refractivity contribution in [1.29, 1.82) is 0 Å². The normalized spacial score (nSPS) is 13.3. The van der Waals surface area contributed by atoms with Gasteiger partial charge in [0.1, 0.15) is 28.5 Å². The van der Waals surface area contributed by atoms with Crippen LogP contribution in [0.3, 0.4) is 0 Å². The Balaban J connectivity index is 1.26. The lowest BCUT2D eigenvalue weighted by atomic mass is 9.94. The van der Waals surface area contributed by atoms with Crippen molar-refractivity contribution in [1.82, 2.24) is 24.2 Å². The number of anilines is 2. The van der Waals surface area contributed by atoms with Crippen molar-refractivity contribution < 1.29 is 27.8 Å². The van der Waals surface area contributed by atoms with Crippen molar-refractivity contribution in [3.8, 4) is 29.0 Å². The number of benzene rings is 2. The lowest BCUT2D eigenvalue weighted by molar-refractivity contribution is 0.0185. The van der Waals surface area contributed by atoms with E-state index in [9.17, 15) is 23.6 Å². The fourth-order valence-electron chi connectivity index (χ4n) is 5.10. The molecule has 13 nitrogen and oxygen atoms in total. The number of hydrogen-bond donors (Lipinski definition) is 2. The molecule has 2 aromatic heterocycles. The fraction of sp³-hybridized carbons (Fsp3) is 0.314. The van der Waals surface area contributed by atoms with E-state index in [1.807, 2.05) is 20.8 Å². The third-order valence-corrected chi connectivity index (χ3v) is 7.65. The zero-order valence-corrected chi connectivity index (χ0v) is 27.8. The summed E-state index contributed by atoms with van der Waals surface area (Å²) in [5, 5.41) is 6.17. The predicted molar refractivity (Wildman–Crippen MR) is 180 cm³/mol. The van der Waals surface area contributed by atoms with Crippen molar-refractivity contribution in [3.63, 3.8) is 0 Å². The van der Waals surface area contributed by atoms with Gasteiger partial charge in [0.15, 0.2) is 11.6 Å². The summed E-state index contributed by atoms with van der Waals surface area (Å²) >= 11 is 0. The molecule has 0 spiro atoms. The van der Waals surface area contributed by atoms with Crippen LogP contribution in [0.2, 0.25) is 0 Å². The number of hydrogen-bond acceptors (Lipinski definition) is 9. The van der Waals surface area contributed by atoms with Crippen LogP contribution >= 0.6 is 0 Å². The number of pyridine rings is 1. The maximum atomic E-state index is 15.3. The number of rotatable bonds is 6. The van der Waals surface area contributed by atoms with Gasteiger partial charge in [-0.1, -0.05) is 11.8 Å². The van der Waals surface area contributed by atoms with E-state index in [0.717, 1.165) is 35.7 Å². The van der Waals surface area contributed by atoms with E-state index in [-0.39, 0.29) is 46.3 Å². The Bertz CT molecular complexity index is 2110. The van der Waals surface area contributed by atoms with Crippen LogP contribution in [0.1, 0.15) is 56.1 Å². The van der Waals surface area contributed by atoms with E-state index < -0.39 is 40.1 Å². The van der Waals surface area contributed by atoms with Gasteiger partial charge in [0.25, 0.3) is 11.5 Å². The summed E-state index contributed by atoms with van der Waals surface area (Å²) in [6.45, 7) is 6.61. The first-order chi connectivity index (χ1) is 23.7. The lowest BCUT2D eigenvalue weighted by Gasteiger charge is -2.32. The SMILES string of the molecule is Cn1nc(C(=O)Nc2ccc(Oc3ccnc(N)c3C#CCC3CCN(C(=O)OC(C)(C)C)CC3)c(F)c2)c(=O)n(-c2ccc(F)cc2)c1=O. The quantitative estimate of drug-likeness (QED) is 0.275. The predicted octanol–water partition coefficient (Wildman–Crippen LogP) is 4.62. The third kappa shape index (κ3) is 8.32. The van der Waals surface area contributed by atoms with Crippen LogP contribution in [-0.2, 0) is 11.8 Å². The minimum Gasteiger partial charge on any atom is -0.453 e. The highest BCUT2D eigenvalue weighted by molar-refractivity contribution is 6.02. The number of carbonyl (C=O) groups is 2. The summed E-state index contributed by atoms with van der Waals surface area (Å²) in [5.74, 6) is 3.97. The zero-order chi connectivity index (χ0) is 36.2. The molecule has 0 unspecified atom stereocenters. The number of aromatic nitrogens is 4. The molecule has 0 saturated carbocycles. The molecule has 1 fully saturated rings. The monoisotopic (exact) mass is 687 g/mol. The van der Waals surface area contributed by atoms with Gasteiger partial charge in [-0.2, -0.15) is 5.10 Å². The van der Waals surface area contributed by atoms with Gasteiger partial charge in [-0.05, 0) is 75.9 Å². The second-order valence-electron chi connectivity index (χ2n) is 12.6. The Hall–Kier alpha value is -6.04. The number of amides is 2.